The van der Waals surface area contributed by atoms with E-state index in [4.69, 9.17) is 0 Å². The van der Waals surface area contributed by atoms with E-state index in [0.717, 1.165) is 17.1 Å². The Morgan fingerprint density at radius 1 is 0.359 bits per heavy atom. The Balaban J connectivity index is 1.13. The minimum atomic E-state index is -0.492. The van der Waals surface area contributed by atoms with E-state index in [0.29, 0.717) is 5.92 Å². The van der Waals surface area contributed by atoms with Crippen LogP contribution in [0.1, 0.15) is 65.8 Å². The predicted octanol–water partition coefficient (Wildman–Crippen LogP) is 17.2. The quantitative estimate of drug-likeness (QED) is 0.148. The summed E-state index contributed by atoms with van der Waals surface area (Å²) >= 11 is 0. The van der Waals surface area contributed by atoms with E-state index in [2.05, 4.69) is 235 Å². The third-order valence-corrected chi connectivity index (χ3v) is 14.3. The van der Waals surface area contributed by atoms with E-state index in [1.54, 1.807) is 0 Å². The van der Waals surface area contributed by atoms with Gasteiger partial charge in [0.05, 0.1) is 16.8 Å². The second kappa shape index (κ2) is 16.0. The second-order valence-corrected chi connectivity index (χ2v) is 17.7. The SMILES string of the molecule is c1ccc(C2(c3ccccc3)c3ccccc3-c3c(-c4ccccc4N(c4ccc5ccccc5c4)c4ccccc4-c4cccc5cccc(C6CCCCC6)c45)cccc32)cc1. The molecule has 1 nitrogen and oxygen atoms in total. The monoisotopic (exact) mass is 819 g/mol. The van der Waals surface area contributed by atoms with Gasteiger partial charge in [-0.2, -0.15) is 0 Å². The van der Waals surface area contributed by atoms with E-state index < -0.39 is 5.41 Å². The van der Waals surface area contributed by atoms with Crippen molar-refractivity contribution in [3.63, 3.8) is 0 Å². The van der Waals surface area contributed by atoms with Gasteiger partial charge in [0, 0.05) is 16.8 Å². The van der Waals surface area contributed by atoms with Gasteiger partial charge < -0.3 is 4.90 Å². The summed E-state index contributed by atoms with van der Waals surface area (Å²) in [4.78, 5) is 2.54. The molecule has 0 amide bonds. The van der Waals surface area contributed by atoms with Crippen LogP contribution in [0.25, 0.3) is 54.9 Å². The van der Waals surface area contributed by atoms with Crippen molar-refractivity contribution in [1.29, 1.82) is 0 Å². The highest BCUT2D eigenvalue weighted by Gasteiger charge is 2.47. The van der Waals surface area contributed by atoms with Gasteiger partial charge in [-0.3, -0.25) is 0 Å². The van der Waals surface area contributed by atoms with E-state index in [9.17, 15) is 0 Å². The fraction of sp³-hybridized carbons (Fsp3) is 0.111. The number of rotatable bonds is 8. The summed E-state index contributed by atoms with van der Waals surface area (Å²) in [5.74, 6) is 0.574. The molecule has 1 fully saturated rings. The Morgan fingerprint density at radius 3 is 1.59 bits per heavy atom. The molecule has 10 aromatic rings. The van der Waals surface area contributed by atoms with Crippen molar-refractivity contribution < 1.29 is 0 Å². The zero-order valence-electron chi connectivity index (χ0n) is 36.0. The highest BCUT2D eigenvalue weighted by Crippen LogP contribution is 2.59. The van der Waals surface area contributed by atoms with Gasteiger partial charge >= 0.3 is 0 Å². The van der Waals surface area contributed by atoms with Gasteiger partial charge in [-0.25, -0.2) is 0 Å². The van der Waals surface area contributed by atoms with Gasteiger partial charge in [-0.15, -0.1) is 0 Å². The van der Waals surface area contributed by atoms with Crippen LogP contribution < -0.4 is 4.90 Å². The highest BCUT2D eigenvalue weighted by molar-refractivity contribution is 6.06. The van der Waals surface area contributed by atoms with E-state index >= 15 is 0 Å². The molecule has 12 rings (SSSR count). The number of nitrogens with zero attached hydrogens (tertiary/aromatic N) is 1. The van der Waals surface area contributed by atoms with Crippen molar-refractivity contribution in [3.05, 3.63) is 258 Å². The molecule has 0 aliphatic heterocycles. The van der Waals surface area contributed by atoms with E-state index in [1.807, 2.05) is 0 Å². The van der Waals surface area contributed by atoms with Gasteiger partial charge in [-0.1, -0.05) is 226 Å². The van der Waals surface area contributed by atoms with Crippen molar-refractivity contribution in [2.75, 3.05) is 4.90 Å². The molecule has 0 heterocycles. The molecule has 10 aromatic carbocycles. The lowest BCUT2D eigenvalue weighted by Gasteiger charge is -2.34. The molecule has 0 atom stereocenters. The highest BCUT2D eigenvalue weighted by atomic mass is 15.1. The van der Waals surface area contributed by atoms with Crippen LogP contribution in [-0.2, 0) is 5.41 Å². The lowest BCUT2D eigenvalue weighted by molar-refractivity contribution is 0.445. The topological polar surface area (TPSA) is 3.24 Å². The van der Waals surface area contributed by atoms with Gasteiger partial charge in [0.2, 0.25) is 0 Å². The molecule has 2 aliphatic rings. The van der Waals surface area contributed by atoms with Gasteiger partial charge in [-0.05, 0) is 115 Å². The smallest absolute Gasteiger partial charge is 0.0713 e. The van der Waals surface area contributed by atoms with Crippen molar-refractivity contribution in [1.82, 2.24) is 0 Å². The number of hydrogen-bond donors (Lipinski definition) is 0. The molecule has 0 saturated heterocycles. The molecule has 0 N–H and O–H groups in total. The maximum atomic E-state index is 2.54. The third kappa shape index (κ3) is 6.14. The van der Waals surface area contributed by atoms with Crippen LogP contribution in [-0.4, -0.2) is 0 Å². The summed E-state index contributed by atoms with van der Waals surface area (Å²) in [6, 6.07) is 86.3. The molecule has 1 saturated carbocycles. The van der Waals surface area contributed by atoms with Crippen molar-refractivity contribution >= 4 is 38.6 Å². The molecule has 0 bridgehead atoms. The summed E-state index contributed by atoms with van der Waals surface area (Å²) < 4.78 is 0. The Morgan fingerprint density at radius 2 is 0.875 bits per heavy atom. The molecular formula is C63H49N. The molecule has 0 unspecified atom stereocenters. The van der Waals surface area contributed by atoms with Gasteiger partial charge in [0.25, 0.3) is 0 Å². The Labute approximate surface area is 376 Å². The summed E-state index contributed by atoms with van der Waals surface area (Å²) in [6.45, 7) is 0. The standard InChI is InChI=1S/C63H49N/c1-4-22-45(23-5-1)51-34-18-25-46-26-19-35-54(61(46)51)52-31-13-16-39-59(52)64(50-42-41-44-21-10-11-24-47(44)43-50)60-40-17-14-32-53(60)55-36-20-38-58-62(55)56-33-12-15-37-57(56)63(58,48-27-6-2-7-28-48)49-29-8-3-9-30-49/h2-3,6-21,24-43,45H,1,4-5,22-23H2. The third-order valence-electron chi connectivity index (χ3n) is 14.3. The number of anilines is 3. The second-order valence-electron chi connectivity index (χ2n) is 17.7. The van der Waals surface area contributed by atoms with Crippen LogP contribution in [0.5, 0.6) is 0 Å². The molecule has 0 radical (unpaired) electrons. The van der Waals surface area contributed by atoms with Crippen LogP contribution in [0.15, 0.2) is 231 Å². The van der Waals surface area contributed by atoms with Crippen LogP contribution in [0.4, 0.5) is 17.1 Å². The van der Waals surface area contributed by atoms with E-state index in [1.165, 1.54) is 115 Å². The Kier molecular flexibility index (Phi) is 9.56. The van der Waals surface area contributed by atoms with Crippen molar-refractivity contribution in [3.8, 4) is 33.4 Å². The molecule has 306 valence electrons. The normalized spacial score (nSPS) is 14.3. The zero-order valence-corrected chi connectivity index (χ0v) is 36.0. The van der Waals surface area contributed by atoms with Crippen molar-refractivity contribution in [2.24, 2.45) is 0 Å². The average Bonchev–Trinajstić information content (AvgIpc) is 3.68. The summed E-state index contributed by atoms with van der Waals surface area (Å²) in [5, 5.41) is 5.16. The molecule has 64 heavy (non-hydrogen) atoms. The van der Waals surface area contributed by atoms with E-state index in [-0.39, 0.29) is 0 Å². The maximum absolute atomic E-state index is 2.54. The maximum Gasteiger partial charge on any atom is 0.0713 e. The summed E-state index contributed by atoms with van der Waals surface area (Å²) in [5.41, 5.74) is 17.1. The zero-order chi connectivity index (χ0) is 42.5. The number of fused-ring (bicyclic) bond motifs is 5. The average molecular weight is 820 g/mol. The predicted molar refractivity (Wildman–Crippen MR) is 270 cm³/mol. The largest absolute Gasteiger partial charge is 0.309 e. The molecule has 1 heteroatoms. The molecule has 2 aliphatic carbocycles. The number of hydrogen-bond acceptors (Lipinski definition) is 1. The summed E-state index contributed by atoms with van der Waals surface area (Å²) in [6.07, 6.45) is 6.46. The molecular weight excluding hydrogens is 771 g/mol. The van der Waals surface area contributed by atoms with Crippen LogP contribution in [0, 0.1) is 0 Å². The van der Waals surface area contributed by atoms with Crippen LogP contribution in [0.3, 0.4) is 0 Å². The van der Waals surface area contributed by atoms with Gasteiger partial charge in [0.1, 0.15) is 0 Å². The number of benzene rings is 10. The van der Waals surface area contributed by atoms with Crippen LogP contribution in [0.2, 0.25) is 0 Å². The van der Waals surface area contributed by atoms with Gasteiger partial charge in [0.15, 0.2) is 0 Å². The first-order valence-corrected chi connectivity index (χ1v) is 23.1. The summed E-state index contributed by atoms with van der Waals surface area (Å²) in [7, 11) is 0. The first-order chi connectivity index (χ1) is 31.8. The lowest BCUT2D eigenvalue weighted by atomic mass is 9.67. The number of para-hydroxylation sites is 2. The van der Waals surface area contributed by atoms with Crippen LogP contribution >= 0.6 is 0 Å². The first kappa shape index (κ1) is 38.2. The van der Waals surface area contributed by atoms with Crippen molar-refractivity contribution in [2.45, 2.75) is 43.4 Å². The fourth-order valence-corrected chi connectivity index (χ4v) is 11.6. The Hall–Kier alpha value is -7.48. The minimum absolute atomic E-state index is 0.492. The minimum Gasteiger partial charge on any atom is -0.309 e. The first-order valence-electron chi connectivity index (χ1n) is 23.1. The molecule has 0 aromatic heterocycles. The Bertz CT molecular complexity index is 3280. The lowest BCUT2D eigenvalue weighted by Crippen LogP contribution is -2.28. The fourth-order valence-electron chi connectivity index (χ4n) is 11.6. The molecule has 0 spiro atoms.